The number of allylic oxidation sites excluding steroid dienone is 3. The maximum atomic E-state index is 13.5. The van der Waals surface area contributed by atoms with Crippen LogP contribution in [0.15, 0.2) is 64.3 Å². The van der Waals surface area contributed by atoms with Gasteiger partial charge in [0.1, 0.15) is 6.61 Å². The average molecular weight is 522 g/mol. The van der Waals surface area contributed by atoms with Crippen LogP contribution in [0.5, 0.6) is 0 Å². The third-order valence-corrected chi connectivity index (χ3v) is 8.13. The van der Waals surface area contributed by atoms with E-state index in [0.717, 1.165) is 28.5 Å². The van der Waals surface area contributed by atoms with Crippen molar-refractivity contribution in [2.24, 2.45) is 0 Å². The van der Waals surface area contributed by atoms with Gasteiger partial charge >= 0.3 is 12.1 Å². The number of Topliss-reactive ketones (excluding diaryl/α,β-unsaturated/α-hetero) is 1. The van der Waals surface area contributed by atoms with E-state index in [9.17, 15) is 22.8 Å². The van der Waals surface area contributed by atoms with Crippen LogP contribution in [0.1, 0.15) is 54.5 Å². The van der Waals surface area contributed by atoms with Crippen molar-refractivity contribution in [2.45, 2.75) is 44.7 Å². The highest BCUT2D eigenvalue weighted by atomic mass is 32.2. The van der Waals surface area contributed by atoms with E-state index in [-0.39, 0.29) is 30.3 Å². The van der Waals surface area contributed by atoms with Crippen LogP contribution in [0, 0.1) is 0 Å². The number of thioether (sulfide) groups is 1. The Labute approximate surface area is 210 Å². The minimum atomic E-state index is -4.48. The smallest absolute Gasteiger partial charge is 0.416 e. The number of halogens is 3. The zero-order valence-corrected chi connectivity index (χ0v) is 21.0. The Morgan fingerprint density at radius 3 is 2.57 bits per heavy atom. The topological polar surface area (TPSA) is 55.4 Å². The molecule has 2 heterocycles. The Bertz CT molecular complexity index is 1150. The summed E-state index contributed by atoms with van der Waals surface area (Å²) in [6, 6.07) is 8.66. The van der Waals surface area contributed by atoms with Gasteiger partial charge in [-0.15, -0.1) is 11.3 Å². The number of rotatable bonds is 7. The number of thiophene rings is 1. The van der Waals surface area contributed by atoms with Gasteiger partial charge in [-0.2, -0.15) is 24.9 Å². The molecule has 186 valence electrons. The predicted octanol–water partition coefficient (Wildman–Crippen LogP) is 6.42. The van der Waals surface area contributed by atoms with Gasteiger partial charge in [0.25, 0.3) is 0 Å². The third-order valence-electron chi connectivity index (χ3n) is 6.23. The number of hydrogen-bond acceptors (Lipinski definition) is 6. The van der Waals surface area contributed by atoms with Gasteiger partial charge in [-0.1, -0.05) is 25.1 Å². The zero-order valence-electron chi connectivity index (χ0n) is 19.4. The summed E-state index contributed by atoms with van der Waals surface area (Å²) in [6.45, 7) is 3.97. The highest BCUT2D eigenvalue weighted by molar-refractivity contribution is 7.99. The summed E-state index contributed by atoms with van der Waals surface area (Å²) >= 11 is 3.23. The van der Waals surface area contributed by atoms with Crippen molar-refractivity contribution in [1.29, 1.82) is 0 Å². The maximum Gasteiger partial charge on any atom is 0.416 e. The van der Waals surface area contributed by atoms with Crippen LogP contribution in [-0.2, 0) is 20.5 Å². The summed E-state index contributed by atoms with van der Waals surface area (Å²) in [5, 5.41) is 5.24. The van der Waals surface area contributed by atoms with Gasteiger partial charge in [0.05, 0.1) is 11.1 Å². The number of ketones is 1. The number of dihydropyridines is 1. The number of alkyl halides is 3. The Balaban J connectivity index is 1.73. The molecular formula is C26H26F3NO3S2. The number of ether oxygens (including phenoxy) is 1. The Hall–Kier alpha value is -2.52. The molecule has 4 nitrogen and oxygen atoms in total. The van der Waals surface area contributed by atoms with Crippen LogP contribution >= 0.6 is 23.1 Å². The molecule has 0 fully saturated rings. The largest absolute Gasteiger partial charge is 0.461 e. The second-order valence-electron chi connectivity index (χ2n) is 8.49. The molecule has 0 bridgehead atoms. The molecule has 2 atom stereocenters. The summed E-state index contributed by atoms with van der Waals surface area (Å²) in [5.74, 6) is 0.108. The summed E-state index contributed by atoms with van der Waals surface area (Å²) in [6.07, 6.45) is -3.60. The fraction of sp³-hybridized carbons (Fsp3) is 0.385. The first-order valence-corrected chi connectivity index (χ1v) is 13.4. The number of benzene rings is 1. The summed E-state index contributed by atoms with van der Waals surface area (Å²) < 4.78 is 45.1. The normalized spacial score (nSPS) is 20.5. The molecule has 1 aliphatic carbocycles. The SMILES string of the molecule is CCSCCOC(=O)C1=C(C)NC2=C(C(=O)C[C@@H](c3cccs3)C2)[C@@H]1c1ccc(C(F)(F)F)cc1. The third kappa shape index (κ3) is 5.51. The molecule has 4 rings (SSSR count). The van der Waals surface area contributed by atoms with E-state index in [1.807, 2.05) is 24.4 Å². The van der Waals surface area contributed by atoms with Gasteiger partial charge in [-0.25, -0.2) is 4.79 Å². The number of carbonyl (C=O) groups is 2. The van der Waals surface area contributed by atoms with Crippen molar-refractivity contribution in [3.63, 3.8) is 0 Å². The van der Waals surface area contributed by atoms with Crippen molar-refractivity contribution in [2.75, 3.05) is 18.1 Å². The van der Waals surface area contributed by atoms with Crippen LogP contribution in [-0.4, -0.2) is 29.9 Å². The van der Waals surface area contributed by atoms with Crippen LogP contribution in [0.3, 0.4) is 0 Å². The number of hydrogen-bond donors (Lipinski definition) is 1. The highest BCUT2D eigenvalue weighted by Crippen LogP contribution is 2.46. The van der Waals surface area contributed by atoms with Crippen molar-refractivity contribution in [1.82, 2.24) is 5.32 Å². The zero-order chi connectivity index (χ0) is 25.2. The first-order chi connectivity index (χ1) is 16.7. The van der Waals surface area contributed by atoms with Gasteiger partial charge in [-0.05, 0) is 48.2 Å². The van der Waals surface area contributed by atoms with Crippen molar-refractivity contribution >= 4 is 34.9 Å². The molecule has 1 aromatic heterocycles. The molecule has 35 heavy (non-hydrogen) atoms. The average Bonchev–Trinajstić information content (AvgIpc) is 3.35. The molecule has 9 heteroatoms. The maximum absolute atomic E-state index is 13.5. The van der Waals surface area contributed by atoms with E-state index in [4.69, 9.17) is 4.74 Å². The standard InChI is InChI=1S/C26H26F3NO3S2/c1-3-34-12-10-33-25(32)22-15(2)30-19-13-17(21-5-4-11-35-21)14-20(31)24(19)23(22)16-6-8-18(9-7-16)26(27,28)29/h4-9,11,17,23,30H,3,10,12-14H2,1-2H3/t17-,23+/m0/s1. The van der Waals surface area contributed by atoms with E-state index in [0.29, 0.717) is 29.0 Å². The van der Waals surface area contributed by atoms with Crippen LogP contribution in [0.2, 0.25) is 0 Å². The molecule has 0 amide bonds. The quantitative estimate of drug-likeness (QED) is 0.336. The van der Waals surface area contributed by atoms with E-state index in [2.05, 4.69) is 5.32 Å². The Morgan fingerprint density at radius 2 is 1.94 bits per heavy atom. The summed E-state index contributed by atoms with van der Waals surface area (Å²) in [5.41, 5.74) is 1.68. The van der Waals surface area contributed by atoms with Crippen LogP contribution < -0.4 is 5.32 Å². The fourth-order valence-electron chi connectivity index (χ4n) is 4.65. The molecule has 0 spiro atoms. The van der Waals surface area contributed by atoms with Crippen LogP contribution in [0.4, 0.5) is 13.2 Å². The highest BCUT2D eigenvalue weighted by Gasteiger charge is 2.42. The van der Waals surface area contributed by atoms with Gasteiger partial charge < -0.3 is 10.1 Å². The molecule has 1 aromatic carbocycles. The van der Waals surface area contributed by atoms with E-state index in [1.54, 1.807) is 30.0 Å². The lowest BCUT2D eigenvalue weighted by molar-refractivity contribution is -0.139. The minimum Gasteiger partial charge on any atom is -0.461 e. The molecule has 1 N–H and O–H groups in total. The summed E-state index contributed by atoms with van der Waals surface area (Å²) in [4.78, 5) is 27.7. The number of esters is 1. The lowest BCUT2D eigenvalue weighted by Crippen LogP contribution is -2.36. The second kappa shape index (κ2) is 10.6. The number of carbonyl (C=O) groups excluding carboxylic acids is 2. The van der Waals surface area contributed by atoms with Gasteiger partial charge in [0.15, 0.2) is 5.78 Å². The molecular weight excluding hydrogens is 495 g/mol. The predicted molar refractivity (Wildman–Crippen MR) is 132 cm³/mol. The monoisotopic (exact) mass is 521 g/mol. The Kier molecular flexibility index (Phi) is 7.76. The lowest BCUT2D eigenvalue weighted by atomic mass is 9.72. The molecule has 2 aliphatic rings. The van der Waals surface area contributed by atoms with Crippen molar-refractivity contribution in [3.8, 4) is 0 Å². The molecule has 0 unspecified atom stereocenters. The first kappa shape index (κ1) is 25.6. The van der Waals surface area contributed by atoms with Crippen molar-refractivity contribution < 1.29 is 27.5 Å². The Morgan fingerprint density at radius 1 is 1.20 bits per heavy atom. The van der Waals surface area contributed by atoms with E-state index < -0.39 is 23.6 Å². The van der Waals surface area contributed by atoms with Gasteiger partial charge in [0, 0.05) is 45.9 Å². The molecule has 0 saturated heterocycles. The lowest BCUT2D eigenvalue weighted by Gasteiger charge is -2.36. The van der Waals surface area contributed by atoms with Gasteiger partial charge in [-0.3, -0.25) is 4.79 Å². The van der Waals surface area contributed by atoms with E-state index >= 15 is 0 Å². The summed E-state index contributed by atoms with van der Waals surface area (Å²) in [7, 11) is 0. The molecule has 2 aromatic rings. The number of nitrogens with one attached hydrogen (secondary N) is 1. The first-order valence-electron chi connectivity index (χ1n) is 11.4. The second-order valence-corrected chi connectivity index (χ2v) is 10.9. The molecule has 1 aliphatic heterocycles. The molecule has 0 saturated carbocycles. The van der Waals surface area contributed by atoms with Crippen LogP contribution in [0.25, 0.3) is 0 Å². The van der Waals surface area contributed by atoms with E-state index in [1.165, 1.54) is 12.1 Å². The fourth-order valence-corrected chi connectivity index (χ4v) is 5.97. The minimum absolute atomic E-state index is 0.0226. The van der Waals surface area contributed by atoms with Gasteiger partial charge in [0.2, 0.25) is 0 Å². The molecule has 0 radical (unpaired) electrons. The van der Waals surface area contributed by atoms with Crippen molar-refractivity contribution in [3.05, 3.63) is 80.3 Å².